The van der Waals surface area contributed by atoms with Crippen molar-refractivity contribution in [2.75, 3.05) is 13.2 Å². The molecule has 11 heteroatoms. The fourth-order valence-electron chi connectivity index (χ4n) is 2.04. The average molecular weight is 550 g/mol. The Hall–Kier alpha value is -0.782. The summed E-state index contributed by atoms with van der Waals surface area (Å²) in [5.41, 5.74) is -0.746. The van der Waals surface area contributed by atoms with Gasteiger partial charge in [0.05, 0.1) is 0 Å². The first-order valence-corrected chi connectivity index (χ1v) is 11.9. The molecule has 0 saturated heterocycles. The molecule has 0 fully saturated rings. The molecule has 0 aliphatic heterocycles. The Kier molecular flexibility index (Phi) is 9.77. The van der Waals surface area contributed by atoms with Crippen molar-refractivity contribution in [2.45, 2.75) is 17.8 Å². The molecule has 1 aromatic carbocycles. The van der Waals surface area contributed by atoms with Crippen LogP contribution in [0.3, 0.4) is 0 Å². The number of benzene rings is 1. The number of nitrogens with zero attached hydrogens (tertiary/aromatic N) is 1. The van der Waals surface area contributed by atoms with Gasteiger partial charge in [0, 0.05) is 0 Å². The van der Waals surface area contributed by atoms with Crippen molar-refractivity contribution in [1.82, 2.24) is 4.98 Å². The van der Waals surface area contributed by atoms with E-state index in [1.165, 1.54) is 12.1 Å². The quantitative estimate of drug-likeness (QED) is 0.271. The number of rotatable bonds is 9. The number of pyridine rings is 1. The molecule has 0 saturated carbocycles. The summed E-state index contributed by atoms with van der Waals surface area (Å²) in [6, 6.07) is 5.60. The summed E-state index contributed by atoms with van der Waals surface area (Å²) in [4.78, 5) is 3.88. The third kappa shape index (κ3) is 8.47. The van der Waals surface area contributed by atoms with Gasteiger partial charge < -0.3 is 0 Å². The van der Waals surface area contributed by atoms with Crippen LogP contribution in [0, 0.1) is 0 Å². The van der Waals surface area contributed by atoms with Crippen LogP contribution in [0.2, 0.25) is 15.3 Å². The molecule has 1 aromatic heterocycles. The number of hydrogen-bond donors (Lipinski definition) is 0. The molecule has 0 atom stereocenters. The number of alkyl halides is 3. The van der Waals surface area contributed by atoms with Crippen LogP contribution in [0.4, 0.5) is 13.2 Å². The first-order valence-electron chi connectivity index (χ1n) is 8.13. The van der Waals surface area contributed by atoms with E-state index < -0.39 is 11.7 Å². The van der Waals surface area contributed by atoms with Crippen LogP contribution in [-0.2, 0) is 6.18 Å². The Morgan fingerprint density at radius 1 is 1.10 bits per heavy atom. The van der Waals surface area contributed by atoms with E-state index in [4.69, 9.17) is 55.9 Å². The Balaban J connectivity index is 1.79. The minimum absolute atomic E-state index is 0.0936. The summed E-state index contributed by atoms with van der Waals surface area (Å²) in [6.07, 6.45) is -1.35. The van der Waals surface area contributed by atoms with Crippen LogP contribution >= 0.6 is 46.4 Å². The summed E-state index contributed by atoms with van der Waals surface area (Å²) in [5, 5.41) is 1.37. The predicted molar refractivity (Wildman–Crippen MR) is 111 cm³/mol. The van der Waals surface area contributed by atoms with Crippen molar-refractivity contribution in [1.29, 1.82) is 0 Å². The normalized spacial score (nSPS) is 11.7. The number of hydrogen-bond acceptors (Lipinski definition) is 3. The van der Waals surface area contributed by atoms with Crippen LogP contribution in [0.1, 0.15) is 12.0 Å². The first-order chi connectivity index (χ1) is 13.7. The molecule has 2 rings (SSSR count). The molecular weight excluding hydrogens is 536 g/mol. The van der Waals surface area contributed by atoms with Crippen LogP contribution in [0.5, 0.6) is 11.5 Å². The Morgan fingerprint density at radius 2 is 1.79 bits per heavy atom. The van der Waals surface area contributed by atoms with Crippen LogP contribution in [0.15, 0.2) is 41.0 Å². The zero-order chi connectivity index (χ0) is 21.4. The van der Waals surface area contributed by atoms with E-state index in [0.29, 0.717) is 39.1 Å². The molecule has 1 heterocycles. The maximum absolute atomic E-state index is 12.5. The van der Waals surface area contributed by atoms with Crippen LogP contribution in [0.25, 0.3) is 0 Å². The molecule has 0 aliphatic carbocycles. The van der Waals surface area contributed by atoms with Crippen molar-refractivity contribution >= 4 is 66.6 Å². The van der Waals surface area contributed by atoms with E-state index in [2.05, 4.69) is 4.98 Å². The molecule has 0 spiro atoms. The molecule has 0 unspecified atom stereocenters. The van der Waals surface area contributed by atoms with Crippen molar-refractivity contribution < 1.29 is 22.6 Å². The van der Waals surface area contributed by atoms with E-state index in [1.807, 2.05) is 0 Å². The van der Waals surface area contributed by atoms with Gasteiger partial charge in [0.1, 0.15) is 0 Å². The van der Waals surface area contributed by atoms with Gasteiger partial charge in [0.25, 0.3) is 0 Å². The average Bonchev–Trinajstić information content (AvgIpc) is 2.62. The molecule has 157 valence electrons. The molecule has 1 radical (unpaired) electrons. The van der Waals surface area contributed by atoms with Gasteiger partial charge in [0.15, 0.2) is 0 Å². The topological polar surface area (TPSA) is 31.4 Å². The number of ether oxygens (including phenoxy) is 2. The number of aromatic nitrogens is 1. The second-order valence-electron chi connectivity index (χ2n) is 5.51. The Bertz CT molecular complexity index is 821. The molecular formula is C18H14AsCl4F3NO2. The molecule has 3 nitrogen and oxygen atoms in total. The monoisotopic (exact) mass is 548 g/mol. The SMILES string of the molecule is FC(F)(F)c1ccc([As]CCCOc2c(Cl)cc(OCC=C(Cl)Cl)cc2Cl)nc1. The van der Waals surface area contributed by atoms with E-state index in [0.717, 1.165) is 17.5 Å². The maximum atomic E-state index is 12.5. The molecule has 0 bridgehead atoms. The van der Waals surface area contributed by atoms with Gasteiger partial charge in [-0.2, -0.15) is 0 Å². The summed E-state index contributed by atoms with van der Waals surface area (Å²) in [5.74, 6) is 0.784. The second kappa shape index (κ2) is 11.6. The minimum atomic E-state index is -4.37. The summed E-state index contributed by atoms with van der Waals surface area (Å²) >= 11 is 23.0. The summed E-state index contributed by atoms with van der Waals surface area (Å²) in [7, 11) is 0. The van der Waals surface area contributed by atoms with Gasteiger partial charge in [-0.15, -0.1) is 0 Å². The molecule has 29 heavy (non-hydrogen) atoms. The van der Waals surface area contributed by atoms with Crippen molar-refractivity contribution in [2.24, 2.45) is 0 Å². The van der Waals surface area contributed by atoms with Gasteiger partial charge in [-0.3, -0.25) is 0 Å². The second-order valence-corrected chi connectivity index (χ2v) is 9.89. The van der Waals surface area contributed by atoms with E-state index >= 15 is 0 Å². The van der Waals surface area contributed by atoms with Gasteiger partial charge in [-0.25, -0.2) is 0 Å². The first kappa shape index (κ1) is 24.5. The zero-order valence-electron chi connectivity index (χ0n) is 14.6. The zero-order valence-corrected chi connectivity index (χ0v) is 19.5. The fraction of sp³-hybridized carbons (Fsp3) is 0.278. The van der Waals surface area contributed by atoms with Crippen LogP contribution in [-0.4, -0.2) is 33.9 Å². The van der Waals surface area contributed by atoms with Crippen molar-refractivity contribution in [3.8, 4) is 11.5 Å². The summed E-state index contributed by atoms with van der Waals surface area (Å²) < 4.78 is 49.4. The van der Waals surface area contributed by atoms with Gasteiger partial charge in [-0.1, -0.05) is 23.2 Å². The third-order valence-electron chi connectivity index (χ3n) is 3.36. The van der Waals surface area contributed by atoms with Gasteiger partial charge in [0.2, 0.25) is 0 Å². The van der Waals surface area contributed by atoms with E-state index in [-0.39, 0.29) is 26.9 Å². The van der Waals surface area contributed by atoms with Gasteiger partial charge >= 0.3 is 170 Å². The van der Waals surface area contributed by atoms with Crippen molar-refractivity contribution in [3.05, 3.63) is 56.6 Å². The Morgan fingerprint density at radius 3 is 2.34 bits per heavy atom. The standard InChI is InChI=1S/C18H14AsCl4F3NO2/c20-13-8-12(28-7-4-16(22)23)9-14(21)17(13)29-6-1-5-19-15-3-2-11(10-27-15)18(24,25)26/h2-4,8-10H,1,5-7H2. The van der Waals surface area contributed by atoms with Gasteiger partial charge in [-0.05, 0) is 0 Å². The summed E-state index contributed by atoms with van der Waals surface area (Å²) in [6.45, 7) is 0.525. The van der Waals surface area contributed by atoms with Crippen LogP contribution < -0.4 is 14.0 Å². The number of halogens is 7. The predicted octanol–water partition coefficient (Wildman–Crippen LogP) is 6.32. The Labute approximate surface area is 192 Å². The fourth-order valence-corrected chi connectivity index (χ4v) is 4.49. The molecule has 0 N–H and O–H groups in total. The van der Waals surface area contributed by atoms with Crippen molar-refractivity contribution in [3.63, 3.8) is 0 Å². The molecule has 0 amide bonds. The van der Waals surface area contributed by atoms with E-state index in [1.54, 1.807) is 12.1 Å². The molecule has 2 aromatic rings. The molecule has 0 aliphatic rings. The van der Waals surface area contributed by atoms with E-state index in [9.17, 15) is 13.2 Å². The third-order valence-corrected chi connectivity index (χ3v) is 6.59.